The van der Waals surface area contributed by atoms with Crippen LogP contribution in [0.5, 0.6) is 5.75 Å². The third-order valence-electron chi connectivity index (χ3n) is 8.35. The molecule has 1 N–H and O–H groups in total. The molecule has 3 nitrogen and oxygen atoms in total. The van der Waals surface area contributed by atoms with Crippen LogP contribution in [0.15, 0.2) is 125 Å². The van der Waals surface area contributed by atoms with Gasteiger partial charge in [0.15, 0.2) is 0 Å². The maximum atomic E-state index is 6.31. The van der Waals surface area contributed by atoms with E-state index in [1.807, 2.05) is 24.4 Å². The van der Waals surface area contributed by atoms with Crippen LogP contribution in [0.25, 0.3) is 10.8 Å². The second-order valence-corrected chi connectivity index (χ2v) is 11.9. The fraction of sp³-hybridized carbons (Fsp3) is 0.162. The lowest BCUT2D eigenvalue weighted by atomic mass is 9.76. The van der Waals surface area contributed by atoms with E-state index in [9.17, 15) is 0 Å². The second-order valence-electron chi connectivity index (χ2n) is 11.0. The zero-order valence-corrected chi connectivity index (χ0v) is 24.5. The van der Waals surface area contributed by atoms with Gasteiger partial charge in [-0.1, -0.05) is 100 Å². The Kier molecular flexibility index (Phi) is 6.93. The van der Waals surface area contributed by atoms with Gasteiger partial charge in [0.25, 0.3) is 0 Å². The van der Waals surface area contributed by atoms with E-state index >= 15 is 0 Å². The molecule has 0 fully saturated rings. The van der Waals surface area contributed by atoms with Crippen LogP contribution >= 0.6 is 15.9 Å². The molecule has 41 heavy (non-hydrogen) atoms. The summed E-state index contributed by atoms with van der Waals surface area (Å²) in [6.07, 6.45) is 7.79. The highest BCUT2D eigenvalue weighted by atomic mass is 79.9. The van der Waals surface area contributed by atoms with E-state index in [4.69, 9.17) is 9.73 Å². The summed E-state index contributed by atoms with van der Waals surface area (Å²) >= 11 is 3.51. The minimum atomic E-state index is 0.278. The first-order chi connectivity index (χ1) is 20.1. The van der Waals surface area contributed by atoms with Gasteiger partial charge in [-0.3, -0.25) is 4.99 Å². The number of hydrogen-bond donors (Lipinski definition) is 1. The van der Waals surface area contributed by atoms with Gasteiger partial charge in [-0.05, 0) is 83.1 Å². The van der Waals surface area contributed by atoms with Crippen molar-refractivity contribution in [1.29, 1.82) is 0 Å². The molecule has 0 radical (unpaired) electrons. The Hall–Kier alpha value is -4.15. The number of aliphatic imine (C=N–C) groups is 1. The lowest BCUT2D eigenvalue weighted by Crippen LogP contribution is -2.29. The predicted molar refractivity (Wildman–Crippen MR) is 174 cm³/mol. The van der Waals surface area contributed by atoms with E-state index in [0.717, 1.165) is 38.8 Å². The number of ether oxygens (including phenoxy) is 1. The third kappa shape index (κ3) is 5.20. The SMILES string of the molecule is Cc1ccc2c(c1)[C@@H]1C=CC[C@@H]1[C@@H](c1ccc(N=Cc3c(OCc4ccc(Br)cc4)ccc4ccccc34)cc1)N2. The van der Waals surface area contributed by atoms with E-state index in [1.54, 1.807) is 0 Å². The summed E-state index contributed by atoms with van der Waals surface area (Å²) in [7, 11) is 0. The zero-order chi connectivity index (χ0) is 27.8. The van der Waals surface area contributed by atoms with Crippen molar-refractivity contribution in [3.63, 3.8) is 0 Å². The lowest BCUT2D eigenvalue weighted by molar-refractivity contribution is 0.306. The van der Waals surface area contributed by atoms with Crippen LogP contribution in [0, 0.1) is 12.8 Å². The van der Waals surface area contributed by atoms with Gasteiger partial charge in [-0.2, -0.15) is 0 Å². The van der Waals surface area contributed by atoms with Crippen LogP contribution < -0.4 is 10.1 Å². The summed E-state index contributed by atoms with van der Waals surface area (Å²) in [5.74, 6) is 1.82. The lowest BCUT2D eigenvalue weighted by Gasteiger charge is -2.37. The minimum absolute atomic E-state index is 0.278. The van der Waals surface area contributed by atoms with Crippen LogP contribution in [0.3, 0.4) is 0 Å². The summed E-state index contributed by atoms with van der Waals surface area (Å²) in [6.45, 7) is 2.67. The van der Waals surface area contributed by atoms with E-state index in [0.29, 0.717) is 18.4 Å². The number of allylic oxidation sites excluding steroid dienone is 2. The number of nitrogens with one attached hydrogen (secondary N) is 1. The van der Waals surface area contributed by atoms with Gasteiger partial charge in [0.1, 0.15) is 12.4 Å². The fourth-order valence-electron chi connectivity index (χ4n) is 6.23. The van der Waals surface area contributed by atoms with Crippen molar-refractivity contribution < 1.29 is 4.74 Å². The summed E-state index contributed by atoms with van der Waals surface area (Å²) < 4.78 is 7.37. The van der Waals surface area contributed by atoms with Crippen LogP contribution in [0.4, 0.5) is 11.4 Å². The van der Waals surface area contributed by atoms with Crippen LogP contribution in [-0.4, -0.2) is 6.21 Å². The van der Waals surface area contributed by atoms with Crippen molar-refractivity contribution in [2.24, 2.45) is 10.9 Å². The zero-order valence-electron chi connectivity index (χ0n) is 22.9. The van der Waals surface area contributed by atoms with Crippen molar-refractivity contribution in [3.8, 4) is 5.75 Å². The number of aryl methyl sites for hydroxylation is 1. The number of benzene rings is 5. The quantitative estimate of drug-likeness (QED) is 0.156. The smallest absolute Gasteiger partial charge is 0.129 e. The summed E-state index contributed by atoms with van der Waals surface area (Å²) in [6, 6.07) is 36.5. The maximum absolute atomic E-state index is 6.31. The summed E-state index contributed by atoms with van der Waals surface area (Å²) in [5, 5.41) is 6.14. The molecule has 7 rings (SSSR count). The van der Waals surface area contributed by atoms with Gasteiger partial charge < -0.3 is 10.1 Å². The molecule has 5 aromatic rings. The highest BCUT2D eigenvalue weighted by molar-refractivity contribution is 9.10. The highest BCUT2D eigenvalue weighted by Crippen LogP contribution is 2.50. The van der Waals surface area contributed by atoms with Crippen molar-refractivity contribution in [1.82, 2.24) is 0 Å². The molecule has 202 valence electrons. The van der Waals surface area contributed by atoms with Crippen molar-refractivity contribution >= 4 is 44.3 Å². The molecule has 0 unspecified atom stereocenters. The van der Waals surface area contributed by atoms with Gasteiger partial charge in [-0.15, -0.1) is 0 Å². The van der Waals surface area contributed by atoms with Gasteiger partial charge in [0.05, 0.1) is 11.7 Å². The Bertz CT molecular complexity index is 1770. The molecule has 1 aliphatic heterocycles. The first kappa shape index (κ1) is 25.8. The molecule has 4 heteroatoms. The standard InChI is InChI=1S/C37H31BrN2O/c1-24-9-19-35-33(21-24)31-7-4-8-32(31)37(40-35)27-12-17-29(18-13-27)39-22-34-30-6-3-2-5-26(30)14-20-36(34)41-23-25-10-15-28(38)16-11-25/h2-7,9-22,31-32,37,40H,8,23H2,1H3/t31-,32+,37-/m1/s1. The Labute approximate surface area is 249 Å². The number of fused-ring (bicyclic) bond motifs is 4. The molecule has 2 aliphatic rings. The van der Waals surface area contributed by atoms with Crippen LogP contribution in [-0.2, 0) is 6.61 Å². The maximum Gasteiger partial charge on any atom is 0.129 e. The van der Waals surface area contributed by atoms with Crippen molar-refractivity contribution in [3.05, 3.63) is 148 Å². The normalized spacial score (nSPS) is 19.2. The molecular formula is C37H31BrN2O. The highest BCUT2D eigenvalue weighted by Gasteiger charge is 2.37. The molecule has 0 spiro atoms. The minimum Gasteiger partial charge on any atom is -0.488 e. The molecule has 0 aromatic heterocycles. The van der Waals surface area contributed by atoms with E-state index in [2.05, 4.69) is 125 Å². The van der Waals surface area contributed by atoms with Gasteiger partial charge in [0, 0.05) is 27.9 Å². The molecule has 1 aliphatic carbocycles. The number of hydrogen-bond acceptors (Lipinski definition) is 3. The first-order valence-electron chi connectivity index (χ1n) is 14.2. The summed E-state index contributed by atoms with van der Waals surface area (Å²) in [4.78, 5) is 4.91. The number of rotatable bonds is 6. The van der Waals surface area contributed by atoms with Gasteiger partial charge in [0.2, 0.25) is 0 Å². The van der Waals surface area contributed by atoms with Crippen molar-refractivity contribution in [2.75, 3.05) is 5.32 Å². The van der Waals surface area contributed by atoms with E-state index in [-0.39, 0.29) is 6.04 Å². The summed E-state index contributed by atoms with van der Waals surface area (Å²) in [5.41, 5.74) is 8.33. The second kappa shape index (κ2) is 11.0. The average molecular weight is 600 g/mol. The fourth-order valence-corrected chi connectivity index (χ4v) is 6.49. The molecule has 0 saturated heterocycles. The van der Waals surface area contributed by atoms with Crippen LogP contribution in [0.2, 0.25) is 0 Å². The first-order valence-corrected chi connectivity index (χ1v) is 15.0. The number of halogens is 1. The van der Waals surface area contributed by atoms with Gasteiger partial charge >= 0.3 is 0 Å². The molecular weight excluding hydrogens is 568 g/mol. The Morgan fingerprint density at radius 2 is 1.76 bits per heavy atom. The van der Waals surface area contributed by atoms with Crippen molar-refractivity contribution in [2.45, 2.75) is 31.9 Å². The molecule has 1 heterocycles. The Balaban J connectivity index is 1.15. The molecule has 5 aromatic carbocycles. The average Bonchev–Trinajstić information content (AvgIpc) is 3.50. The number of anilines is 1. The number of nitrogens with zero attached hydrogens (tertiary/aromatic N) is 1. The topological polar surface area (TPSA) is 33.6 Å². The van der Waals surface area contributed by atoms with Gasteiger partial charge in [-0.25, -0.2) is 0 Å². The third-order valence-corrected chi connectivity index (χ3v) is 8.88. The molecule has 3 atom stereocenters. The Morgan fingerprint density at radius 3 is 2.61 bits per heavy atom. The van der Waals surface area contributed by atoms with Crippen LogP contribution in [0.1, 0.15) is 46.2 Å². The molecule has 0 saturated carbocycles. The monoisotopic (exact) mass is 598 g/mol. The molecule has 0 amide bonds. The van der Waals surface area contributed by atoms with E-state index in [1.165, 1.54) is 27.8 Å². The Morgan fingerprint density at radius 1 is 0.927 bits per heavy atom. The molecule has 0 bridgehead atoms. The predicted octanol–water partition coefficient (Wildman–Crippen LogP) is 10.1. The van der Waals surface area contributed by atoms with E-state index < -0.39 is 0 Å². The largest absolute Gasteiger partial charge is 0.488 e.